The topological polar surface area (TPSA) is 47.6 Å². The lowest BCUT2D eigenvalue weighted by Crippen LogP contribution is -1.88. The summed E-state index contributed by atoms with van der Waals surface area (Å²) in [5.41, 5.74) is 0.127. The Morgan fingerprint density at radius 3 is 2.42 bits per heavy atom. The lowest BCUT2D eigenvalue weighted by atomic mass is 10.1. The third-order valence-corrected chi connectivity index (χ3v) is 2.15. The van der Waals surface area contributed by atoms with Gasteiger partial charge in [-0.25, -0.2) is 4.39 Å². The van der Waals surface area contributed by atoms with E-state index in [2.05, 4.69) is 15.9 Å². The molecule has 2 nitrogen and oxygen atoms in total. The van der Waals surface area contributed by atoms with Crippen molar-refractivity contribution in [3.63, 3.8) is 0 Å². The van der Waals surface area contributed by atoms with Crippen LogP contribution >= 0.6 is 15.9 Å². The van der Waals surface area contributed by atoms with Gasteiger partial charge in [-0.3, -0.25) is 0 Å². The number of hydrogen-bond acceptors (Lipinski definition) is 2. The maximum atomic E-state index is 12.8. The van der Waals surface area contributed by atoms with Crippen molar-refractivity contribution in [3.05, 3.63) is 33.5 Å². The van der Waals surface area contributed by atoms with Gasteiger partial charge in [0.25, 0.3) is 0 Å². The van der Waals surface area contributed by atoms with Crippen LogP contribution < -0.4 is 0 Å². The van der Waals surface area contributed by atoms with Gasteiger partial charge in [0.05, 0.1) is 10.0 Å². The van der Waals surface area contributed by atoms with Gasteiger partial charge in [0.15, 0.2) is 0 Å². The summed E-state index contributed by atoms with van der Waals surface area (Å²) in [6.45, 7) is 0. The Morgan fingerprint density at radius 1 is 1.25 bits per heavy atom. The summed E-state index contributed by atoms with van der Waals surface area (Å²) in [5, 5.41) is 17.0. The van der Waals surface area contributed by atoms with Crippen molar-refractivity contribution in [2.75, 3.05) is 0 Å². The molecule has 58 valence electrons. The Balaban J connectivity index is 3.50. The van der Waals surface area contributed by atoms with E-state index in [0.29, 0.717) is 0 Å². The molecule has 1 rings (SSSR count). The van der Waals surface area contributed by atoms with Crippen LogP contribution in [-0.4, -0.2) is 0 Å². The first-order chi connectivity index (χ1) is 5.70. The van der Waals surface area contributed by atoms with Gasteiger partial charge in [0.1, 0.15) is 23.5 Å². The zero-order valence-corrected chi connectivity index (χ0v) is 7.39. The first-order valence-corrected chi connectivity index (χ1v) is 3.78. The molecule has 0 N–H and O–H groups in total. The summed E-state index contributed by atoms with van der Waals surface area (Å²) in [6, 6.07) is 5.92. The minimum atomic E-state index is -0.622. The molecule has 0 aromatic heterocycles. The van der Waals surface area contributed by atoms with E-state index >= 15 is 0 Å². The number of rotatable bonds is 0. The lowest BCUT2D eigenvalue weighted by Gasteiger charge is -1.97. The summed E-state index contributed by atoms with van der Waals surface area (Å²) in [5.74, 6) is -0.622. The third-order valence-electron chi connectivity index (χ3n) is 1.32. The van der Waals surface area contributed by atoms with Crippen LogP contribution in [-0.2, 0) is 0 Å². The maximum absolute atomic E-state index is 12.8. The minimum Gasteiger partial charge on any atom is -0.206 e. The third kappa shape index (κ3) is 1.30. The second-order valence-corrected chi connectivity index (χ2v) is 2.80. The average molecular weight is 225 g/mol. The molecule has 0 fully saturated rings. The zero-order valence-electron chi connectivity index (χ0n) is 5.81. The van der Waals surface area contributed by atoms with Crippen molar-refractivity contribution in [2.24, 2.45) is 0 Å². The van der Waals surface area contributed by atoms with E-state index in [1.165, 1.54) is 6.07 Å². The van der Waals surface area contributed by atoms with Gasteiger partial charge in [0, 0.05) is 0 Å². The maximum Gasteiger partial charge on any atom is 0.142 e. The minimum absolute atomic E-state index is 0.131. The molecule has 0 heterocycles. The van der Waals surface area contributed by atoms with Crippen molar-refractivity contribution in [1.29, 1.82) is 10.5 Å². The van der Waals surface area contributed by atoms with Gasteiger partial charge in [0.2, 0.25) is 0 Å². The fraction of sp³-hybridized carbons (Fsp3) is 0. The van der Waals surface area contributed by atoms with Crippen molar-refractivity contribution in [2.45, 2.75) is 0 Å². The van der Waals surface area contributed by atoms with Crippen molar-refractivity contribution >= 4 is 15.9 Å². The van der Waals surface area contributed by atoms with E-state index in [1.807, 2.05) is 6.07 Å². The molecule has 0 saturated carbocycles. The molecule has 0 spiro atoms. The van der Waals surface area contributed by atoms with Gasteiger partial charge in [-0.2, -0.15) is 10.5 Å². The van der Waals surface area contributed by atoms with Gasteiger partial charge >= 0.3 is 0 Å². The molecule has 0 saturated heterocycles. The standard InChI is InChI=1S/C8H2BrFN2/c9-8-5(3-11)1-2-7(10)6(8)4-12/h1-2H. The number of nitrogens with zero attached hydrogens (tertiary/aromatic N) is 2. The molecule has 0 aliphatic rings. The van der Waals surface area contributed by atoms with E-state index in [-0.39, 0.29) is 15.6 Å². The second-order valence-electron chi connectivity index (χ2n) is 2.01. The summed E-state index contributed by atoms with van der Waals surface area (Å²) in [7, 11) is 0. The van der Waals surface area contributed by atoms with Crippen LogP contribution in [0.3, 0.4) is 0 Å². The van der Waals surface area contributed by atoms with Gasteiger partial charge in [-0.1, -0.05) is 0 Å². The largest absolute Gasteiger partial charge is 0.206 e. The molecular weight excluding hydrogens is 223 g/mol. The fourth-order valence-corrected chi connectivity index (χ4v) is 1.24. The molecule has 0 aliphatic heterocycles. The van der Waals surface area contributed by atoms with Crippen molar-refractivity contribution in [3.8, 4) is 12.1 Å². The van der Waals surface area contributed by atoms with Crippen LogP contribution in [0, 0.1) is 28.5 Å². The molecule has 0 radical (unpaired) electrons. The van der Waals surface area contributed by atoms with E-state index in [1.54, 1.807) is 6.07 Å². The van der Waals surface area contributed by atoms with E-state index < -0.39 is 5.82 Å². The molecule has 1 aromatic rings. The normalized spacial score (nSPS) is 8.67. The summed E-state index contributed by atoms with van der Waals surface area (Å²) >= 11 is 2.97. The van der Waals surface area contributed by atoms with E-state index in [0.717, 1.165) is 6.07 Å². The predicted molar refractivity (Wildman–Crippen MR) is 43.5 cm³/mol. The highest BCUT2D eigenvalue weighted by Gasteiger charge is 2.09. The zero-order chi connectivity index (χ0) is 9.14. The lowest BCUT2D eigenvalue weighted by molar-refractivity contribution is 0.622. The van der Waals surface area contributed by atoms with Crippen molar-refractivity contribution in [1.82, 2.24) is 0 Å². The quantitative estimate of drug-likeness (QED) is 0.680. The summed E-state index contributed by atoms with van der Waals surface area (Å²) < 4.78 is 13.0. The van der Waals surface area contributed by atoms with E-state index in [9.17, 15) is 4.39 Å². The second kappa shape index (κ2) is 3.34. The average Bonchev–Trinajstić information content (AvgIpc) is 2.06. The number of halogens is 2. The highest BCUT2D eigenvalue weighted by molar-refractivity contribution is 9.10. The molecule has 1 aromatic carbocycles. The van der Waals surface area contributed by atoms with Crippen LogP contribution in [0.1, 0.15) is 11.1 Å². The number of nitriles is 2. The SMILES string of the molecule is N#Cc1ccc(F)c(C#N)c1Br. The molecular formula is C8H2BrFN2. The van der Waals surface area contributed by atoms with E-state index in [4.69, 9.17) is 10.5 Å². The smallest absolute Gasteiger partial charge is 0.142 e. The van der Waals surface area contributed by atoms with Crippen LogP contribution in [0.25, 0.3) is 0 Å². The Hall–Kier alpha value is -1.39. The molecule has 0 amide bonds. The highest BCUT2D eigenvalue weighted by atomic mass is 79.9. The van der Waals surface area contributed by atoms with Crippen LogP contribution in [0.15, 0.2) is 16.6 Å². The monoisotopic (exact) mass is 224 g/mol. The van der Waals surface area contributed by atoms with Crippen molar-refractivity contribution < 1.29 is 4.39 Å². The molecule has 0 unspecified atom stereocenters. The highest BCUT2D eigenvalue weighted by Crippen LogP contribution is 2.22. The van der Waals surface area contributed by atoms with Crippen LogP contribution in [0.2, 0.25) is 0 Å². The first-order valence-electron chi connectivity index (χ1n) is 2.99. The Labute approximate surface area is 77.0 Å². The summed E-state index contributed by atoms with van der Waals surface area (Å²) in [6.07, 6.45) is 0. The van der Waals surface area contributed by atoms with Crippen LogP contribution in [0.5, 0.6) is 0 Å². The molecule has 4 heteroatoms. The van der Waals surface area contributed by atoms with Crippen LogP contribution in [0.4, 0.5) is 4.39 Å². The Kier molecular flexibility index (Phi) is 2.42. The van der Waals surface area contributed by atoms with Gasteiger partial charge in [-0.05, 0) is 28.1 Å². The molecule has 12 heavy (non-hydrogen) atoms. The number of benzene rings is 1. The molecule has 0 aliphatic carbocycles. The summed E-state index contributed by atoms with van der Waals surface area (Å²) in [4.78, 5) is 0. The van der Waals surface area contributed by atoms with Gasteiger partial charge in [-0.15, -0.1) is 0 Å². The predicted octanol–water partition coefficient (Wildman–Crippen LogP) is 2.33. The number of hydrogen-bond donors (Lipinski definition) is 0. The van der Waals surface area contributed by atoms with Gasteiger partial charge < -0.3 is 0 Å². The Morgan fingerprint density at radius 2 is 1.92 bits per heavy atom. The molecule has 0 atom stereocenters. The first kappa shape index (κ1) is 8.70. The Bertz CT molecular complexity index is 401. The molecule has 0 bridgehead atoms. The fourth-order valence-electron chi connectivity index (χ4n) is 0.741.